The van der Waals surface area contributed by atoms with Crippen LogP contribution in [0.25, 0.3) is 0 Å². The van der Waals surface area contributed by atoms with E-state index in [9.17, 15) is 0 Å². The Morgan fingerprint density at radius 1 is 1.56 bits per heavy atom. The van der Waals surface area contributed by atoms with E-state index in [2.05, 4.69) is 23.2 Å². The summed E-state index contributed by atoms with van der Waals surface area (Å²) >= 11 is 0. The number of ether oxygens (including phenoxy) is 1. The van der Waals surface area contributed by atoms with Gasteiger partial charge in [-0.2, -0.15) is 0 Å². The lowest BCUT2D eigenvalue weighted by atomic mass is 10.1. The van der Waals surface area contributed by atoms with Crippen LogP contribution in [0.3, 0.4) is 0 Å². The van der Waals surface area contributed by atoms with E-state index in [-0.39, 0.29) is 0 Å². The Morgan fingerprint density at radius 3 is 3.22 bits per heavy atom. The highest BCUT2D eigenvalue weighted by atomic mass is 16.5. The van der Waals surface area contributed by atoms with Crippen molar-refractivity contribution in [2.45, 2.75) is 39.0 Å². The molecular formula is C14H24N2O2. The molecule has 1 fully saturated rings. The lowest BCUT2D eigenvalue weighted by molar-refractivity contribution is 0.00349. The molecular weight excluding hydrogens is 228 g/mol. The number of hydrogen-bond acceptors (Lipinski definition) is 4. The summed E-state index contributed by atoms with van der Waals surface area (Å²) in [7, 11) is 1.94. The summed E-state index contributed by atoms with van der Waals surface area (Å²) in [5.74, 6) is 1.05. The molecule has 0 radical (unpaired) electrons. The SMILES string of the molecule is CCOC1CCCN(Cc2ccoc2CNC)C1. The van der Waals surface area contributed by atoms with E-state index in [1.165, 1.54) is 18.4 Å². The number of hydrogen-bond donors (Lipinski definition) is 1. The van der Waals surface area contributed by atoms with Crippen molar-refractivity contribution in [2.24, 2.45) is 0 Å². The maximum absolute atomic E-state index is 5.73. The first kappa shape index (κ1) is 13.6. The molecule has 0 aliphatic carbocycles. The molecule has 1 aromatic rings. The number of nitrogens with one attached hydrogen (secondary N) is 1. The monoisotopic (exact) mass is 252 g/mol. The van der Waals surface area contributed by atoms with Crippen molar-refractivity contribution < 1.29 is 9.15 Å². The summed E-state index contributed by atoms with van der Waals surface area (Å²) in [6.07, 6.45) is 4.61. The lowest BCUT2D eigenvalue weighted by Crippen LogP contribution is -2.39. The summed E-state index contributed by atoms with van der Waals surface area (Å²) in [5, 5.41) is 3.14. The van der Waals surface area contributed by atoms with Gasteiger partial charge in [-0.3, -0.25) is 4.90 Å². The van der Waals surface area contributed by atoms with Gasteiger partial charge in [0, 0.05) is 25.3 Å². The van der Waals surface area contributed by atoms with Gasteiger partial charge in [-0.1, -0.05) is 0 Å². The molecule has 4 heteroatoms. The third kappa shape index (κ3) is 3.57. The van der Waals surface area contributed by atoms with E-state index in [0.717, 1.165) is 38.5 Å². The van der Waals surface area contributed by atoms with Crippen LogP contribution in [0.5, 0.6) is 0 Å². The zero-order valence-corrected chi connectivity index (χ0v) is 11.4. The Kier molecular flexibility index (Phi) is 5.23. The van der Waals surface area contributed by atoms with Crippen LogP contribution < -0.4 is 5.32 Å². The van der Waals surface area contributed by atoms with Gasteiger partial charge in [0.05, 0.1) is 18.9 Å². The minimum absolute atomic E-state index is 0.406. The van der Waals surface area contributed by atoms with E-state index in [1.807, 2.05) is 7.05 Å². The Hall–Kier alpha value is -0.840. The van der Waals surface area contributed by atoms with Crippen molar-refractivity contribution in [1.82, 2.24) is 10.2 Å². The summed E-state index contributed by atoms with van der Waals surface area (Å²) < 4.78 is 11.2. The van der Waals surface area contributed by atoms with Crippen LogP contribution in [0.4, 0.5) is 0 Å². The van der Waals surface area contributed by atoms with Gasteiger partial charge in [-0.05, 0) is 39.4 Å². The van der Waals surface area contributed by atoms with E-state index < -0.39 is 0 Å². The minimum atomic E-state index is 0.406. The maximum atomic E-state index is 5.73. The highest BCUT2D eigenvalue weighted by Gasteiger charge is 2.21. The number of likely N-dealkylation sites (tertiary alicyclic amines) is 1. The molecule has 1 atom stereocenters. The molecule has 1 saturated heterocycles. The first-order chi connectivity index (χ1) is 8.83. The third-order valence-corrected chi connectivity index (χ3v) is 3.43. The molecule has 2 rings (SSSR count). The van der Waals surface area contributed by atoms with Crippen LogP contribution in [0.15, 0.2) is 16.7 Å². The van der Waals surface area contributed by atoms with Crippen LogP contribution >= 0.6 is 0 Å². The van der Waals surface area contributed by atoms with Gasteiger partial charge < -0.3 is 14.5 Å². The zero-order valence-electron chi connectivity index (χ0n) is 11.4. The molecule has 0 bridgehead atoms. The number of furan rings is 1. The van der Waals surface area contributed by atoms with E-state index in [1.54, 1.807) is 6.26 Å². The molecule has 0 saturated carbocycles. The van der Waals surface area contributed by atoms with Gasteiger partial charge in [-0.25, -0.2) is 0 Å². The molecule has 0 spiro atoms. The Balaban J connectivity index is 1.89. The Labute approximate surface area is 109 Å². The van der Waals surface area contributed by atoms with Crippen molar-refractivity contribution in [3.63, 3.8) is 0 Å². The Bertz CT molecular complexity index is 349. The van der Waals surface area contributed by atoms with Crippen molar-refractivity contribution in [3.05, 3.63) is 23.7 Å². The number of nitrogens with zero attached hydrogens (tertiary/aromatic N) is 1. The molecule has 18 heavy (non-hydrogen) atoms. The second kappa shape index (κ2) is 6.92. The van der Waals surface area contributed by atoms with Gasteiger partial charge in [0.2, 0.25) is 0 Å². The van der Waals surface area contributed by atoms with Crippen molar-refractivity contribution in [1.29, 1.82) is 0 Å². The molecule has 1 aliphatic heterocycles. The Morgan fingerprint density at radius 2 is 2.44 bits per heavy atom. The molecule has 1 N–H and O–H groups in total. The molecule has 0 aromatic carbocycles. The first-order valence-corrected chi connectivity index (χ1v) is 6.87. The first-order valence-electron chi connectivity index (χ1n) is 6.87. The van der Waals surface area contributed by atoms with Crippen LogP contribution in [0.2, 0.25) is 0 Å². The summed E-state index contributed by atoms with van der Waals surface area (Å²) in [6.45, 7) is 6.85. The van der Waals surface area contributed by atoms with E-state index >= 15 is 0 Å². The van der Waals surface area contributed by atoms with Crippen LogP contribution in [-0.2, 0) is 17.8 Å². The molecule has 1 unspecified atom stereocenters. The summed E-state index contributed by atoms with van der Waals surface area (Å²) in [4.78, 5) is 2.47. The molecule has 1 aliphatic rings. The highest BCUT2D eigenvalue weighted by molar-refractivity contribution is 5.16. The van der Waals surface area contributed by atoms with Crippen LogP contribution in [0.1, 0.15) is 31.1 Å². The maximum Gasteiger partial charge on any atom is 0.122 e. The van der Waals surface area contributed by atoms with Gasteiger partial charge in [-0.15, -0.1) is 0 Å². The van der Waals surface area contributed by atoms with Crippen LogP contribution in [-0.4, -0.2) is 37.7 Å². The fraction of sp³-hybridized carbons (Fsp3) is 0.714. The van der Waals surface area contributed by atoms with Crippen molar-refractivity contribution in [3.8, 4) is 0 Å². The molecule has 4 nitrogen and oxygen atoms in total. The predicted molar refractivity (Wildman–Crippen MR) is 71.4 cm³/mol. The second-order valence-electron chi connectivity index (χ2n) is 4.85. The average Bonchev–Trinajstić information content (AvgIpc) is 2.78. The quantitative estimate of drug-likeness (QED) is 0.840. The minimum Gasteiger partial charge on any atom is -0.468 e. The molecule has 102 valence electrons. The predicted octanol–water partition coefficient (Wildman–Crippen LogP) is 2.00. The van der Waals surface area contributed by atoms with Gasteiger partial charge in [0.15, 0.2) is 0 Å². The molecule has 0 amide bonds. The van der Waals surface area contributed by atoms with E-state index in [4.69, 9.17) is 9.15 Å². The fourth-order valence-corrected chi connectivity index (χ4v) is 2.59. The lowest BCUT2D eigenvalue weighted by Gasteiger charge is -2.32. The smallest absolute Gasteiger partial charge is 0.122 e. The molecule has 2 heterocycles. The summed E-state index contributed by atoms with van der Waals surface area (Å²) in [6, 6.07) is 2.08. The number of piperidine rings is 1. The van der Waals surface area contributed by atoms with Gasteiger partial charge in [0.1, 0.15) is 5.76 Å². The van der Waals surface area contributed by atoms with Crippen molar-refractivity contribution >= 4 is 0 Å². The topological polar surface area (TPSA) is 37.6 Å². The molecule has 1 aromatic heterocycles. The average molecular weight is 252 g/mol. The summed E-state index contributed by atoms with van der Waals surface area (Å²) in [5.41, 5.74) is 1.29. The third-order valence-electron chi connectivity index (χ3n) is 3.43. The fourth-order valence-electron chi connectivity index (χ4n) is 2.59. The van der Waals surface area contributed by atoms with Crippen LogP contribution in [0, 0.1) is 0 Å². The van der Waals surface area contributed by atoms with E-state index in [0.29, 0.717) is 6.10 Å². The normalized spacial score (nSPS) is 21.3. The van der Waals surface area contributed by atoms with Crippen molar-refractivity contribution in [2.75, 3.05) is 26.7 Å². The highest BCUT2D eigenvalue weighted by Crippen LogP contribution is 2.18. The van der Waals surface area contributed by atoms with Gasteiger partial charge >= 0.3 is 0 Å². The zero-order chi connectivity index (χ0) is 12.8. The second-order valence-corrected chi connectivity index (χ2v) is 4.85. The standard InChI is InChI=1S/C14H24N2O2/c1-3-17-13-5-4-7-16(11-13)10-12-6-8-18-14(12)9-15-2/h6,8,13,15H,3-5,7,9-11H2,1-2H3. The number of rotatable bonds is 6. The van der Waals surface area contributed by atoms with Gasteiger partial charge in [0.25, 0.3) is 0 Å². The largest absolute Gasteiger partial charge is 0.468 e.